The number of hydrogen-bond acceptors (Lipinski definition) is 6. The van der Waals surface area contributed by atoms with Gasteiger partial charge in [0.1, 0.15) is 4.83 Å². The van der Waals surface area contributed by atoms with Crippen molar-refractivity contribution in [1.82, 2.24) is 30.4 Å². The maximum absolute atomic E-state index is 13.2. The fourth-order valence-electron chi connectivity index (χ4n) is 4.54. The Labute approximate surface area is 176 Å². The van der Waals surface area contributed by atoms with E-state index in [1.165, 1.54) is 0 Å². The number of H-pyrrole nitrogens is 1. The monoisotopic (exact) mass is 419 g/mol. The SMILES string of the molecule is CN1Cc2cnc3sc(-c4cnc5[nH]ncc5c4)cc3c2N(C2CCNCC2)C1=O. The summed E-state index contributed by atoms with van der Waals surface area (Å²) in [6.07, 6.45) is 7.50. The third kappa shape index (κ3) is 2.69. The van der Waals surface area contributed by atoms with Gasteiger partial charge in [-0.3, -0.25) is 10.00 Å². The van der Waals surface area contributed by atoms with Gasteiger partial charge in [0.25, 0.3) is 0 Å². The number of fused-ring (bicyclic) bond motifs is 4. The van der Waals surface area contributed by atoms with Crippen LogP contribution in [0.5, 0.6) is 0 Å². The standard InChI is InChI=1S/C21H21N7OS/c1-27-11-14-9-24-20-16(18(14)28(21(27)29)15-2-4-22-5-3-15)7-17(30-20)12-6-13-10-25-26-19(13)23-8-12/h6-10,15,22H,2-5,11H2,1H3,(H,23,25,26). The van der Waals surface area contributed by atoms with Crippen LogP contribution >= 0.6 is 11.3 Å². The molecule has 2 amide bonds. The van der Waals surface area contributed by atoms with E-state index in [-0.39, 0.29) is 12.1 Å². The first-order valence-electron chi connectivity index (χ1n) is 10.1. The average Bonchev–Trinajstić information content (AvgIpc) is 3.41. The molecule has 4 aromatic heterocycles. The van der Waals surface area contributed by atoms with Crippen molar-refractivity contribution in [3.8, 4) is 10.4 Å². The predicted molar refractivity (Wildman–Crippen MR) is 118 cm³/mol. The largest absolute Gasteiger partial charge is 0.324 e. The minimum atomic E-state index is 0.0798. The molecule has 2 aliphatic heterocycles. The molecule has 0 aromatic carbocycles. The van der Waals surface area contributed by atoms with Gasteiger partial charge in [0, 0.05) is 52.3 Å². The lowest BCUT2D eigenvalue weighted by molar-refractivity contribution is 0.205. The van der Waals surface area contributed by atoms with Gasteiger partial charge >= 0.3 is 6.03 Å². The van der Waals surface area contributed by atoms with Crippen LogP contribution in [0.3, 0.4) is 0 Å². The highest BCUT2D eigenvalue weighted by molar-refractivity contribution is 7.22. The Balaban J connectivity index is 1.51. The van der Waals surface area contributed by atoms with Gasteiger partial charge in [0.2, 0.25) is 0 Å². The number of hydrogen-bond donors (Lipinski definition) is 2. The van der Waals surface area contributed by atoms with Crippen LogP contribution in [0.15, 0.2) is 30.7 Å². The number of carbonyl (C=O) groups excluding carboxylic acids is 1. The molecular weight excluding hydrogens is 398 g/mol. The summed E-state index contributed by atoms with van der Waals surface area (Å²) in [5.41, 5.74) is 3.96. The molecular formula is C21H21N7OS. The number of nitrogens with zero attached hydrogens (tertiary/aromatic N) is 5. The van der Waals surface area contributed by atoms with E-state index in [1.54, 1.807) is 22.4 Å². The summed E-state index contributed by atoms with van der Waals surface area (Å²) in [5.74, 6) is 0. The van der Waals surface area contributed by atoms with E-state index in [4.69, 9.17) is 4.98 Å². The van der Waals surface area contributed by atoms with E-state index in [9.17, 15) is 4.79 Å². The van der Waals surface area contributed by atoms with E-state index in [2.05, 4.69) is 32.6 Å². The first kappa shape index (κ1) is 17.8. The Hall–Kier alpha value is -3.04. The fraction of sp³-hybridized carbons (Fsp3) is 0.333. The van der Waals surface area contributed by atoms with Gasteiger partial charge < -0.3 is 10.2 Å². The van der Waals surface area contributed by atoms with Crippen molar-refractivity contribution in [1.29, 1.82) is 0 Å². The van der Waals surface area contributed by atoms with Crippen molar-refractivity contribution in [2.75, 3.05) is 25.0 Å². The molecule has 0 spiro atoms. The summed E-state index contributed by atoms with van der Waals surface area (Å²) < 4.78 is 0. The van der Waals surface area contributed by atoms with Crippen molar-refractivity contribution in [2.45, 2.75) is 25.4 Å². The molecule has 2 aliphatic rings. The Morgan fingerprint density at radius 1 is 1.13 bits per heavy atom. The molecule has 0 aliphatic carbocycles. The third-order valence-electron chi connectivity index (χ3n) is 6.04. The number of nitrogens with one attached hydrogen (secondary N) is 2. The second-order valence-electron chi connectivity index (χ2n) is 7.98. The molecule has 152 valence electrons. The molecule has 0 saturated carbocycles. The van der Waals surface area contributed by atoms with Gasteiger partial charge in [-0.25, -0.2) is 14.8 Å². The van der Waals surface area contributed by atoms with Gasteiger partial charge in [-0.1, -0.05) is 0 Å². The van der Waals surface area contributed by atoms with Crippen molar-refractivity contribution in [3.05, 3.63) is 36.3 Å². The number of aromatic nitrogens is 4. The molecule has 0 atom stereocenters. The zero-order chi connectivity index (χ0) is 20.2. The zero-order valence-electron chi connectivity index (χ0n) is 16.6. The smallest absolute Gasteiger partial charge is 0.323 e. The molecule has 6 heterocycles. The summed E-state index contributed by atoms with van der Waals surface area (Å²) in [6.45, 7) is 2.46. The number of carbonyl (C=O) groups is 1. The third-order valence-corrected chi connectivity index (χ3v) is 7.13. The van der Waals surface area contributed by atoms with Crippen LogP contribution in [-0.2, 0) is 6.54 Å². The highest BCUT2D eigenvalue weighted by Crippen LogP contribution is 2.42. The van der Waals surface area contributed by atoms with Crippen LogP contribution in [-0.4, -0.2) is 57.3 Å². The number of pyridine rings is 2. The summed E-state index contributed by atoms with van der Waals surface area (Å²) in [5, 5.41) is 12.4. The molecule has 0 unspecified atom stereocenters. The quantitative estimate of drug-likeness (QED) is 0.520. The second kappa shape index (κ2) is 6.75. The maximum atomic E-state index is 13.2. The first-order valence-corrected chi connectivity index (χ1v) is 11.0. The van der Waals surface area contributed by atoms with Gasteiger partial charge in [0.15, 0.2) is 5.65 Å². The Bertz CT molecular complexity index is 1270. The van der Waals surface area contributed by atoms with Crippen molar-refractivity contribution in [2.24, 2.45) is 0 Å². The molecule has 30 heavy (non-hydrogen) atoms. The van der Waals surface area contributed by atoms with E-state index in [0.717, 1.165) is 68.9 Å². The van der Waals surface area contributed by atoms with Gasteiger partial charge in [-0.05, 0) is 38.1 Å². The summed E-state index contributed by atoms with van der Waals surface area (Å²) in [7, 11) is 1.87. The summed E-state index contributed by atoms with van der Waals surface area (Å²) in [6, 6.07) is 4.54. The van der Waals surface area contributed by atoms with Crippen LogP contribution in [0, 0.1) is 0 Å². The van der Waals surface area contributed by atoms with Crippen LogP contribution in [0.4, 0.5) is 10.5 Å². The zero-order valence-corrected chi connectivity index (χ0v) is 17.4. The molecule has 9 heteroatoms. The van der Waals surface area contributed by atoms with Crippen molar-refractivity contribution in [3.63, 3.8) is 0 Å². The van der Waals surface area contributed by atoms with E-state index in [0.29, 0.717) is 6.54 Å². The van der Waals surface area contributed by atoms with Crippen molar-refractivity contribution < 1.29 is 4.79 Å². The summed E-state index contributed by atoms with van der Waals surface area (Å²) in [4.78, 5) is 28.3. The second-order valence-corrected chi connectivity index (χ2v) is 9.01. The predicted octanol–water partition coefficient (Wildman–Crippen LogP) is 3.36. The normalized spacial score (nSPS) is 17.8. The highest BCUT2D eigenvalue weighted by atomic mass is 32.1. The van der Waals surface area contributed by atoms with Crippen LogP contribution in [0.1, 0.15) is 18.4 Å². The lowest BCUT2D eigenvalue weighted by Crippen LogP contribution is -2.53. The minimum absolute atomic E-state index is 0.0798. The number of amides is 2. The van der Waals surface area contributed by atoms with Crippen LogP contribution in [0.25, 0.3) is 31.7 Å². The number of aromatic amines is 1. The van der Waals surface area contributed by atoms with Crippen molar-refractivity contribution >= 4 is 44.3 Å². The lowest BCUT2D eigenvalue weighted by Gasteiger charge is -2.41. The Morgan fingerprint density at radius 2 is 2.00 bits per heavy atom. The molecule has 6 rings (SSSR count). The molecule has 1 fully saturated rings. The topological polar surface area (TPSA) is 90.0 Å². The molecule has 4 aromatic rings. The minimum Gasteiger partial charge on any atom is -0.323 e. The lowest BCUT2D eigenvalue weighted by atomic mass is 10.00. The summed E-state index contributed by atoms with van der Waals surface area (Å²) >= 11 is 1.64. The van der Waals surface area contributed by atoms with Gasteiger partial charge in [0.05, 0.1) is 18.4 Å². The van der Waals surface area contributed by atoms with E-state index >= 15 is 0 Å². The molecule has 2 N–H and O–H groups in total. The van der Waals surface area contributed by atoms with Crippen LogP contribution < -0.4 is 10.2 Å². The maximum Gasteiger partial charge on any atom is 0.324 e. The van der Waals surface area contributed by atoms with Gasteiger partial charge in [-0.2, -0.15) is 5.10 Å². The molecule has 0 bridgehead atoms. The average molecular weight is 420 g/mol. The molecule has 1 saturated heterocycles. The number of anilines is 1. The Kier molecular flexibility index (Phi) is 4.00. The number of rotatable bonds is 2. The van der Waals surface area contributed by atoms with Crippen LogP contribution in [0.2, 0.25) is 0 Å². The van der Waals surface area contributed by atoms with E-state index < -0.39 is 0 Å². The number of thiophene rings is 1. The molecule has 8 nitrogen and oxygen atoms in total. The number of piperidine rings is 1. The van der Waals surface area contributed by atoms with Gasteiger partial charge in [-0.15, -0.1) is 11.3 Å². The highest BCUT2D eigenvalue weighted by Gasteiger charge is 2.36. The van der Waals surface area contributed by atoms with E-state index in [1.807, 2.05) is 24.3 Å². The first-order chi connectivity index (χ1) is 14.7. The Morgan fingerprint density at radius 3 is 2.87 bits per heavy atom. The fourth-order valence-corrected chi connectivity index (χ4v) is 5.52. The number of urea groups is 1. The molecule has 0 radical (unpaired) electrons.